The fourth-order valence-electron chi connectivity index (χ4n) is 1.67. The van der Waals surface area contributed by atoms with Gasteiger partial charge in [-0.15, -0.1) is 0 Å². The van der Waals surface area contributed by atoms with Crippen molar-refractivity contribution in [3.05, 3.63) is 0 Å². The third-order valence-corrected chi connectivity index (χ3v) is 3.00. The molecule has 1 saturated carbocycles. The average Bonchev–Trinajstić information content (AvgIpc) is 2.80. The van der Waals surface area contributed by atoms with Gasteiger partial charge in [-0.1, -0.05) is 13.8 Å². The molecule has 2 N–H and O–H groups in total. The second-order valence-electron chi connectivity index (χ2n) is 4.83. The molecule has 78 valence electrons. The monoisotopic (exact) mass is 185 g/mol. The van der Waals surface area contributed by atoms with Crippen LogP contribution in [-0.2, 0) is 0 Å². The molecule has 0 saturated heterocycles. The molecule has 0 radical (unpaired) electrons. The van der Waals surface area contributed by atoms with Crippen molar-refractivity contribution in [1.82, 2.24) is 5.32 Å². The molecule has 0 aliphatic heterocycles. The molecule has 0 unspecified atom stereocenters. The number of nitrogens with one attached hydrogen (secondary N) is 1. The van der Waals surface area contributed by atoms with Crippen LogP contribution in [0.4, 0.5) is 0 Å². The van der Waals surface area contributed by atoms with Gasteiger partial charge in [0.25, 0.3) is 0 Å². The SMILES string of the molecule is CC(C)CCNCC1(CCO)CC1. The van der Waals surface area contributed by atoms with Crippen LogP contribution in [0, 0.1) is 11.3 Å². The second kappa shape index (κ2) is 4.97. The van der Waals surface area contributed by atoms with Gasteiger partial charge in [-0.25, -0.2) is 0 Å². The van der Waals surface area contributed by atoms with E-state index >= 15 is 0 Å². The van der Waals surface area contributed by atoms with Crippen molar-refractivity contribution < 1.29 is 5.11 Å². The summed E-state index contributed by atoms with van der Waals surface area (Å²) in [6, 6.07) is 0. The predicted molar refractivity (Wildman–Crippen MR) is 55.7 cm³/mol. The molecule has 0 spiro atoms. The van der Waals surface area contributed by atoms with Gasteiger partial charge in [0, 0.05) is 13.2 Å². The van der Waals surface area contributed by atoms with Crippen molar-refractivity contribution in [2.45, 2.75) is 39.5 Å². The zero-order chi connectivity index (χ0) is 9.73. The van der Waals surface area contributed by atoms with Crippen LogP contribution in [-0.4, -0.2) is 24.8 Å². The zero-order valence-corrected chi connectivity index (χ0v) is 8.97. The molecule has 2 heteroatoms. The molecule has 1 rings (SSSR count). The molecule has 0 aromatic rings. The molecule has 0 amide bonds. The first kappa shape index (κ1) is 11.0. The maximum Gasteiger partial charge on any atom is 0.0436 e. The number of aliphatic hydroxyl groups is 1. The summed E-state index contributed by atoms with van der Waals surface area (Å²) in [4.78, 5) is 0. The summed E-state index contributed by atoms with van der Waals surface area (Å²) in [7, 11) is 0. The van der Waals surface area contributed by atoms with E-state index in [1.807, 2.05) is 0 Å². The molecule has 0 heterocycles. The molecular formula is C11H23NO. The fourth-order valence-corrected chi connectivity index (χ4v) is 1.67. The molecule has 0 aromatic heterocycles. The highest BCUT2D eigenvalue weighted by atomic mass is 16.3. The van der Waals surface area contributed by atoms with Crippen LogP contribution < -0.4 is 5.32 Å². The van der Waals surface area contributed by atoms with Crippen LogP contribution >= 0.6 is 0 Å². The maximum atomic E-state index is 8.86. The minimum Gasteiger partial charge on any atom is -0.396 e. The van der Waals surface area contributed by atoms with E-state index in [9.17, 15) is 0 Å². The van der Waals surface area contributed by atoms with E-state index in [0.29, 0.717) is 12.0 Å². The highest BCUT2D eigenvalue weighted by molar-refractivity contribution is 4.94. The lowest BCUT2D eigenvalue weighted by Gasteiger charge is -2.14. The number of aliphatic hydroxyl groups excluding tert-OH is 1. The van der Waals surface area contributed by atoms with Crippen molar-refractivity contribution in [2.24, 2.45) is 11.3 Å². The van der Waals surface area contributed by atoms with Crippen LogP contribution in [0.5, 0.6) is 0 Å². The van der Waals surface area contributed by atoms with Gasteiger partial charge in [0.15, 0.2) is 0 Å². The van der Waals surface area contributed by atoms with Crippen LogP contribution in [0.3, 0.4) is 0 Å². The van der Waals surface area contributed by atoms with Gasteiger partial charge < -0.3 is 10.4 Å². The minimum atomic E-state index is 0.353. The molecule has 0 bridgehead atoms. The number of hydrogen-bond donors (Lipinski definition) is 2. The summed E-state index contributed by atoms with van der Waals surface area (Å²) < 4.78 is 0. The molecule has 0 aromatic carbocycles. The Hall–Kier alpha value is -0.0800. The molecular weight excluding hydrogens is 162 g/mol. The Kier molecular flexibility index (Phi) is 4.20. The van der Waals surface area contributed by atoms with Gasteiger partial charge in [0.05, 0.1) is 0 Å². The lowest BCUT2D eigenvalue weighted by Crippen LogP contribution is -2.26. The standard InChI is InChI=1S/C11H23NO/c1-10(2)3-7-12-9-11(4-5-11)6-8-13/h10,12-13H,3-9H2,1-2H3. The van der Waals surface area contributed by atoms with Gasteiger partial charge >= 0.3 is 0 Å². The Bertz CT molecular complexity index is 141. The Balaban J connectivity index is 1.99. The van der Waals surface area contributed by atoms with E-state index in [1.165, 1.54) is 19.3 Å². The van der Waals surface area contributed by atoms with Gasteiger partial charge in [-0.3, -0.25) is 0 Å². The quantitative estimate of drug-likeness (QED) is 0.593. The first-order valence-corrected chi connectivity index (χ1v) is 5.50. The Morgan fingerprint density at radius 2 is 2.08 bits per heavy atom. The van der Waals surface area contributed by atoms with Gasteiger partial charge in [-0.2, -0.15) is 0 Å². The number of rotatable bonds is 7. The van der Waals surface area contributed by atoms with Crippen LogP contribution in [0.25, 0.3) is 0 Å². The smallest absolute Gasteiger partial charge is 0.0436 e. The average molecular weight is 185 g/mol. The summed E-state index contributed by atoms with van der Waals surface area (Å²) in [6.07, 6.45) is 4.86. The highest BCUT2D eigenvalue weighted by Crippen LogP contribution is 2.47. The van der Waals surface area contributed by atoms with Gasteiger partial charge in [0.2, 0.25) is 0 Å². The number of hydrogen-bond acceptors (Lipinski definition) is 2. The van der Waals surface area contributed by atoms with E-state index in [0.717, 1.165) is 25.4 Å². The summed E-state index contributed by atoms with van der Waals surface area (Å²) in [6.45, 7) is 7.10. The zero-order valence-electron chi connectivity index (χ0n) is 8.97. The van der Waals surface area contributed by atoms with Crippen molar-refractivity contribution in [3.8, 4) is 0 Å². The van der Waals surface area contributed by atoms with E-state index in [2.05, 4.69) is 19.2 Å². The van der Waals surface area contributed by atoms with Crippen LogP contribution in [0.15, 0.2) is 0 Å². The third kappa shape index (κ3) is 4.10. The Labute approximate surface area is 81.7 Å². The molecule has 1 aliphatic rings. The maximum absolute atomic E-state index is 8.86. The lowest BCUT2D eigenvalue weighted by molar-refractivity contribution is 0.245. The van der Waals surface area contributed by atoms with Crippen molar-refractivity contribution >= 4 is 0 Å². The molecule has 2 nitrogen and oxygen atoms in total. The van der Waals surface area contributed by atoms with E-state index < -0.39 is 0 Å². The van der Waals surface area contributed by atoms with Crippen molar-refractivity contribution in [3.63, 3.8) is 0 Å². The summed E-state index contributed by atoms with van der Waals surface area (Å²) in [5.74, 6) is 0.792. The molecule has 0 atom stereocenters. The molecule has 1 fully saturated rings. The van der Waals surface area contributed by atoms with Crippen LogP contribution in [0.2, 0.25) is 0 Å². The summed E-state index contributed by atoms with van der Waals surface area (Å²) in [5.41, 5.74) is 0.478. The van der Waals surface area contributed by atoms with E-state index in [-0.39, 0.29) is 0 Å². The third-order valence-electron chi connectivity index (χ3n) is 3.00. The topological polar surface area (TPSA) is 32.3 Å². The largest absolute Gasteiger partial charge is 0.396 e. The molecule has 13 heavy (non-hydrogen) atoms. The predicted octanol–water partition coefficient (Wildman–Crippen LogP) is 1.78. The first-order chi connectivity index (χ1) is 6.18. The van der Waals surface area contributed by atoms with E-state index in [1.54, 1.807) is 0 Å². The van der Waals surface area contributed by atoms with Crippen molar-refractivity contribution in [1.29, 1.82) is 0 Å². The first-order valence-electron chi connectivity index (χ1n) is 5.50. The Morgan fingerprint density at radius 3 is 2.54 bits per heavy atom. The lowest BCUT2D eigenvalue weighted by atomic mass is 10.0. The second-order valence-corrected chi connectivity index (χ2v) is 4.83. The normalized spacial score (nSPS) is 19.4. The Morgan fingerprint density at radius 1 is 1.38 bits per heavy atom. The molecule has 1 aliphatic carbocycles. The fraction of sp³-hybridized carbons (Fsp3) is 1.00. The van der Waals surface area contributed by atoms with E-state index in [4.69, 9.17) is 5.11 Å². The van der Waals surface area contributed by atoms with Crippen LogP contribution in [0.1, 0.15) is 39.5 Å². The summed E-state index contributed by atoms with van der Waals surface area (Å²) >= 11 is 0. The van der Waals surface area contributed by atoms with Crippen molar-refractivity contribution in [2.75, 3.05) is 19.7 Å². The van der Waals surface area contributed by atoms with Gasteiger partial charge in [0.1, 0.15) is 0 Å². The highest BCUT2D eigenvalue weighted by Gasteiger charge is 2.41. The van der Waals surface area contributed by atoms with Gasteiger partial charge in [-0.05, 0) is 43.6 Å². The summed E-state index contributed by atoms with van der Waals surface area (Å²) in [5, 5.41) is 12.4. The minimum absolute atomic E-state index is 0.353.